The Morgan fingerprint density at radius 3 is 2.40 bits per heavy atom. The summed E-state index contributed by atoms with van der Waals surface area (Å²) in [6.07, 6.45) is 0. The van der Waals surface area contributed by atoms with E-state index in [0.29, 0.717) is 12.1 Å². The molecule has 0 aliphatic carbocycles. The van der Waals surface area contributed by atoms with Crippen LogP contribution in [0.4, 0.5) is 10.5 Å². The molecule has 1 rings (SSSR count). The summed E-state index contributed by atoms with van der Waals surface area (Å²) in [5, 5.41) is 16.6. The van der Waals surface area contributed by atoms with Crippen LogP contribution in [0, 0.1) is 6.92 Å². The van der Waals surface area contributed by atoms with Crippen molar-refractivity contribution in [3.05, 3.63) is 29.3 Å². The van der Waals surface area contributed by atoms with Crippen molar-refractivity contribution in [2.24, 2.45) is 0 Å². The van der Waals surface area contributed by atoms with E-state index in [0.717, 1.165) is 0 Å². The summed E-state index contributed by atoms with van der Waals surface area (Å²) >= 11 is 0. The van der Waals surface area contributed by atoms with Crippen molar-refractivity contribution < 1.29 is 19.5 Å². The van der Waals surface area contributed by atoms with Gasteiger partial charge in [-0.15, -0.1) is 0 Å². The van der Waals surface area contributed by atoms with E-state index >= 15 is 0 Å². The van der Waals surface area contributed by atoms with Crippen LogP contribution in [0.3, 0.4) is 0 Å². The zero-order chi connectivity index (χ0) is 15.1. The Bertz CT molecular complexity index is 528. The maximum Gasteiger partial charge on any atom is 0.337 e. The number of amides is 3. The number of carboxylic acids is 1. The van der Waals surface area contributed by atoms with Gasteiger partial charge in [0.25, 0.3) is 0 Å². The molecule has 1 aromatic rings. The minimum atomic E-state index is -1.11. The molecule has 0 saturated heterocycles. The van der Waals surface area contributed by atoms with Gasteiger partial charge in [-0.1, -0.05) is 12.1 Å². The van der Waals surface area contributed by atoms with E-state index < -0.39 is 12.0 Å². The highest BCUT2D eigenvalue weighted by Crippen LogP contribution is 2.20. The fourth-order valence-electron chi connectivity index (χ4n) is 1.58. The minimum Gasteiger partial charge on any atom is -0.478 e. The number of carbonyl (C=O) groups excluding carboxylic acids is 2. The molecule has 7 heteroatoms. The Hall–Kier alpha value is -2.57. The number of benzene rings is 1. The molecule has 0 fully saturated rings. The fourth-order valence-corrected chi connectivity index (χ4v) is 1.58. The predicted octanol–water partition coefficient (Wildman–Crippen LogP) is 0.951. The van der Waals surface area contributed by atoms with Gasteiger partial charge in [0.2, 0.25) is 5.91 Å². The number of para-hydroxylation sites is 1. The zero-order valence-electron chi connectivity index (χ0n) is 11.3. The molecular formula is C13H17N3O4. The van der Waals surface area contributed by atoms with Crippen LogP contribution in [0.15, 0.2) is 18.2 Å². The topological polar surface area (TPSA) is 108 Å². The van der Waals surface area contributed by atoms with E-state index in [-0.39, 0.29) is 23.7 Å². The van der Waals surface area contributed by atoms with Crippen LogP contribution in [0.5, 0.6) is 0 Å². The highest BCUT2D eigenvalue weighted by molar-refractivity contribution is 6.00. The third kappa shape index (κ3) is 4.60. The van der Waals surface area contributed by atoms with Gasteiger partial charge in [-0.25, -0.2) is 9.59 Å². The molecule has 0 radical (unpaired) electrons. The normalized spacial score (nSPS) is 9.70. The van der Waals surface area contributed by atoms with Crippen molar-refractivity contribution in [1.29, 1.82) is 0 Å². The molecule has 4 N–H and O–H groups in total. The minimum absolute atomic E-state index is 0.0296. The second-order valence-electron chi connectivity index (χ2n) is 4.17. The van der Waals surface area contributed by atoms with Crippen molar-refractivity contribution in [1.82, 2.24) is 10.6 Å². The molecule has 0 aliphatic heterocycles. The van der Waals surface area contributed by atoms with Crippen LogP contribution < -0.4 is 16.0 Å². The molecule has 0 aromatic heterocycles. The lowest BCUT2D eigenvalue weighted by atomic mass is 10.1. The monoisotopic (exact) mass is 279 g/mol. The van der Waals surface area contributed by atoms with E-state index in [2.05, 4.69) is 16.0 Å². The zero-order valence-corrected chi connectivity index (χ0v) is 11.3. The lowest BCUT2D eigenvalue weighted by molar-refractivity contribution is -0.118. The summed E-state index contributed by atoms with van der Waals surface area (Å²) in [5.74, 6) is -1.29. The van der Waals surface area contributed by atoms with Crippen LogP contribution >= 0.6 is 0 Å². The van der Waals surface area contributed by atoms with Crippen molar-refractivity contribution in [2.75, 3.05) is 18.4 Å². The van der Waals surface area contributed by atoms with Crippen molar-refractivity contribution in [2.45, 2.75) is 13.8 Å². The van der Waals surface area contributed by atoms with E-state index in [1.165, 1.54) is 13.0 Å². The van der Waals surface area contributed by atoms with Crippen LogP contribution in [-0.4, -0.2) is 36.1 Å². The SMILES string of the molecule is CC(=O)NCCNC(=O)Nc1c(C)cccc1C(=O)O. The van der Waals surface area contributed by atoms with Gasteiger partial charge in [-0.05, 0) is 18.6 Å². The maximum absolute atomic E-state index is 11.7. The predicted molar refractivity (Wildman–Crippen MR) is 73.8 cm³/mol. The molecule has 0 bridgehead atoms. The Morgan fingerprint density at radius 1 is 1.15 bits per heavy atom. The third-order valence-electron chi connectivity index (χ3n) is 2.53. The number of urea groups is 1. The number of anilines is 1. The molecular weight excluding hydrogens is 262 g/mol. The van der Waals surface area contributed by atoms with E-state index in [9.17, 15) is 14.4 Å². The number of carbonyl (C=O) groups is 3. The molecule has 0 unspecified atom stereocenters. The van der Waals surface area contributed by atoms with E-state index in [1.807, 2.05) is 0 Å². The van der Waals surface area contributed by atoms with Gasteiger partial charge < -0.3 is 21.1 Å². The lowest BCUT2D eigenvalue weighted by Gasteiger charge is -2.12. The summed E-state index contributed by atoms with van der Waals surface area (Å²) in [4.78, 5) is 33.4. The molecule has 7 nitrogen and oxygen atoms in total. The van der Waals surface area contributed by atoms with Gasteiger partial charge in [0, 0.05) is 20.0 Å². The summed E-state index contributed by atoms with van der Waals surface area (Å²) < 4.78 is 0. The summed E-state index contributed by atoms with van der Waals surface area (Å²) in [6, 6.07) is 4.22. The standard InChI is InChI=1S/C13H17N3O4/c1-8-4-3-5-10(12(18)19)11(8)16-13(20)15-7-6-14-9(2)17/h3-5H,6-7H2,1-2H3,(H,14,17)(H,18,19)(H2,15,16,20). The quantitative estimate of drug-likeness (QED) is 0.602. The van der Waals surface area contributed by atoms with Crippen molar-refractivity contribution in [3.63, 3.8) is 0 Å². The Labute approximate surface area is 116 Å². The first kappa shape index (κ1) is 15.5. The van der Waals surface area contributed by atoms with Gasteiger partial charge in [-0.3, -0.25) is 4.79 Å². The highest BCUT2D eigenvalue weighted by Gasteiger charge is 2.13. The first-order chi connectivity index (χ1) is 9.41. The largest absolute Gasteiger partial charge is 0.478 e. The molecule has 3 amide bonds. The second kappa shape index (κ2) is 7.13. The number of aromatic carboxylic acids is 1. The molecule has 0 atom stereocenters. The Kier molecular flexibility index (Phi) is 5.52. The van der Waals surface area contributed by atoms with Gasteiger partial charge in [0.15, 0.2) is 0 Å². The van der Waals surface area contributed by atoms with Crippen molar-refractivity contribution in [3.8, 4) is 0 Å². The van der Waals surface area contributed by atoms with Gasteiger partial charge in [0.1, 0.15) is 0 Å². The molecule has 0 spiro atoms. The Balaban J connectivity index is 2.62. The first-order valence-corrected chi connectivity index (χ1v) is 6.04. The van der Waals surface area contributed by atoms with Crippen LogP contribution in [-0.2, 0) is 4.79 Å². The highest BCUT2D eigenvalue weighted by atomic mass is 16.4. The fraction of sp³-hybridized carbons (Fsp3) is 0.308. The number of hydrogen-bond acceptors (Lipinski definition) is 3. The Morgan fingerprint density at radius 2 is 1.80 bits per heavy atom. The van der Waals surface area contributed by atoms with E-state index in [4.69, 9.17) is 5.11 Å². The van der Waals surface area contributed by atoms with Crippen molar-refractivity contribution >= 4 is 23.6 Å². The molecule has 0 aliphatic rings. The van der Waals surface area contributed by atoms with Crippen LogP contribution in [0.2, 0.25) is 0 Å². The number of rotatable bonds is 5. The van der Waals surface area contributed by atoms with Gasteiger partial charge >= 0.3 is 12.0 Å². The number of hydrogen-bond donors (Lipinski definition) is 4. The maximum atomic E-state index is 11.7. The molecule has 0 saturated carbocycles. The average molecular weight is 279 g/mol. The van der Waals surface area contributed by atoms with Gasteiger partial charge in [0.05, 0.1) is 11.3 Å². The molecule has 108 valence electrons. The lowest BCUT2D eigenvalue weighted by Crippen LogP contribution is -2.36. The van der Waals surface area contributed by atoms with Crippen LogP contribution in [0.25, 0.3) is 0 Å². The number of carboxylic acid groups (broad SMARTS) is 1. The molecule has 1 aromatic carbocycles. The number of aryl methyl sites for hydroxylation is 1. The summed E-state index contributed by atoms with van der Waals surface area (Å²) in [6.45, 7) is 3.65. The van der Waals surface area contributed by atoms with Crippen LogP contribution in [0.1, 0.15) is 22.8 Å². The smallest absolute Gasteiger partial charge is 0.337 e. The van der Waals surface area contributed by atoms with Gasteiger partial charge in [-0.2, -0.15) is 0 Å². The second-order valence-corrected chi connectivity index (χ2v) is 4.17. The summed E-state index contributed by atoms with van der Waals surface area (Å²) in [7, 11) is 0. The first-order valence-electron chi connectivity index (χ1n) is 6.04. The molecule has 20 heavy (non-hydrogen) atoms. The van der Waals surface area contributed by atoms with E-state index in [1.54, 1.807) is 19.1 Å². The third-order valence-corrected chi connectivity index (χ3v) is 2.53. The number of nitrogens with one attached hydrogen (secondary N) is 3. The average Bonchev–Trinajstić information content (AvgIpc) is 2.36. The summed E-state index contributed by atoms with van der Waals surface area (Å²) in [5.41, 5.74) is 0.945. The molecule has 0 heterocycles.